The van der Waals surface area contributed by atoms with Crippen LogP contribution in [-0.2, 0) is 0 Å². The molecule has 1 fully saturated rings. The Morgan fingerprint density at radius 2 is 1.75 bits per heavy atom. The summed E-state index contributed by atoms with van der Waals surface area (Å²) in [6.45, 7) is 6.90. The second-order valence-electron chi connectivity index (χ2n) is 6.36. The topological polar surface area (TPSA) is 12.0 Å². The van der Waals surface area contributed by atoms with E-state index in [4.69, 9.17) is 23.2 Å². The summed E-state index contributed by atoms with van der Waals surface area (Å²) in [4.78, 5) is 0. The largest absolute Gasteiger partial charge is 0.307 e. The summed E-state index contributed by atoms with van der Waals surface area (Å²) in [6, 6.07) is 6.87. The van der Waals surface area contributed by atoms with E-state index in [1.165, 1.54) is 31.2 Å². The maximum absolute atomic E-state index is 6.12. The molecule has 0 aromatic heterocycles. The smallest absolute Gasteiger partial charge is 0.0595 e. The highest BCUT2D eigenvalue weighted by molar-refractivity contribution is 6.42. The van der Waals surface area contributed by atoms with Crippen LogP contribution in [0.1, 0.15) is 58.1 Å². The van der Waals surface area contributed by atoms with Gasteiger partial charge in [-0.2, -0.15) is 0 Å². The van der Waals surface area contributed by atoms with Gasteiger partial charge in [0, 0.05) is 12.1 Å². The third-order valence-electron chi connectivity index (χ3n) is 4.58. The molecule has 1 aliphatic rings. The summed E-state index contributed by atoms with van der Waals surface area (Å²) in [5.41, 5.74) is 1.22. The number of nitrogens with one attached hydrogen (secondary N) is 1. The van der Waals surface area contributed by atoms with Crippen LogP contribution in [-0.4, -0.2) is 6.04 Å². The molecule has 2 rings (SSSR count). The minimum Gasteiger partial charge on any atom is -0.307 e. The lowest BCUT2D eigenvalue weighted by Gasteiger charge is -2.37. The minimum absolute atomic E-state index is 0.314. The Hall–Kier alpha value is -0.240. The zero-order chi connectivity index (χ0) is 14.7. The molecule has 3 heteroatoms. The third-order valence-corrected chi connectivity index (χ3v) is 5.32. The summed E-state index contributed by atoms with van der Waals surface area (Å²) in [5.74, 6) is 1.53. The zero-order valence-electron chi connectivity index (χ0n) is 12.6. The lowest BCUT2D eigenvalue weighted by Crippen LogP contribution is -2.42. The fourth-order valence-corrected chi connectivity index (χ4v) is 3.67. The highest BCUT2D eigenvalue weighted by atomic mass is 35.5. The maximum atomic E-state index is 6.12. The third kappa shape index (κ3) is 3.90. The van der Waals surface area contributed by atoms with Crippen LogP contribution in [0, 0.1) is 11.8 Å². The predicted molar refractivity (Wildman–Crippen MR) is 88.6 cm³/mol. The molecule has 3 atom stereocenters. The van der Waals surface area contributed by atoms with Crippen molar-refractivity contribution in [3.63, 3.8) is 0 Å². The average Bonchev–Trinajstić information content (AvgIpc) is 2.42. The van der Waals surface area contributed by atoms with Crippen molar-refractivity contribution < 1.29 is 0 Å². The molecule has 0 amide bonds. The lowest BCUT2D eigenvalue weighted by molar-refractivity contribution is 0.195. The average molecular weight is 314 g/mol. The fraction of sp³-hybridized carbons (Fsp3) is 0.647. The standard InChI is InChI=1S/C17H25Cl2N/c1-11(2)14-6-4-5-7-17(14)20-12(3)13-8-9-15(18)16(19)10-13/h8-12,14,17,20H,4-7H2,1-3H3. The number of rotatable bonds is 4. The van der Waals surface area contributed by atoms with Gasteiger partial charge in [-0.25, -0.2) is 0 Å². The van der Waals surface area contributed by atoms with E-state index in [9.17, 15) is 0 Å². The Morgan fingerprint density at radius 1 is 1.05 bits per heavy atom. The molecule has 0 radical (unpaired) electrons. The van der Waals surface area contributed by atoms with E-state index >= 15 is 0 Å². The number of halogens is 2. The summed E-state index contributed by atoms with van der Waals surface area (Å²) in [7, 11) is 0. The first kappa shape index (κ1) is 16.1. The zero-order valence-corrected chi connectivity index (χ0v) is 14.1. The van der Waals surface area contributed by atoms with Crippen molar-refractivity contribution in [3.05, 3.63) is 33.8 Å². The quantitative estimate of drug-likeness (QED) is 0.734. The van der Waals surface area contributed by atoms with Crippen molar-refractivity contribution in [1.82, 2.24) is 5.32 Å². The van der Waals surface area contributed by atoms with Crippen LogP contribution in [0.5, 0.6) is 0 Å². The first-order valence-electron chi connectivity index (χ1n) is 7.70. The van der Waals surface area contributed by atoms with Crippen molar-refractivity contribution in [2.24, 2.45) is 11.8 Å². The van der Waals surface area contributed by atoms with E-state index in [0.717, 1.165) is 11.8 Å². The van der Waals surface area contributed by atoms with E-state index in [1.54, 1.807) is 0 Å². The van der Waals surface area contributed by atoms with Gasteiger partial charge >= 0.3 is 0 Å². The van der Waals surface area contributed by atoms with E-state index in [1.807, 2.05) is 12.1 Å². The minimum atomic E-state index is 0.314. The second-order valence-corrected chi connectivity index (χ2v) is 7.18. The number of hydrogen-bond donors (Lipinski definition) is 1. The molecule has 1 aromatic carbocycles. The molecule has 1 saturated carbocycles. The second kappa shape index (κ2) is 7.15. The van der Waals surface area contributed by atoms with Crippen LogP contribution < -0.4 is 5.32 Å². The summed E-state index contributed by atoms with van der Waals surface area (Å²) in [6.07, 6.45) is 5.36. The Morgan fingerprint density at radius 3 is 2.40 bits per heavy atom. The number of hydrogen-bond acceptors (Lipinski definition) is 1. The van der Waals surface area contributed by atoms with Gasteiger partial charge in [-0.3, -0.25) is 0 Å². The van der Waals surface area contributed by atoms with Gasteiger partial charge in [0.05, 0.1) is 10.0 Å². The van der Waals surface area contributed by atoms with E-state index in [2.05, 4.69) is 32.2 Å². The molecule has 0 bridgehead atoms. The Balaban J connectivity index is 2.05. The van der Waals surface area contributed by atoms with Gasteiger partial charge in [0.25, 0.3) is 0 Å². The molecule has 1 aromatic rings. The Labute approximate surface area is 133 Å². The molecule has 3 unspecified atom stereocenters. The van der Waals surface area contributed by atoms with Gasteiger partial charge in [-0.15, -0.1) is 0 Å². The Kier molecular flexibility index (Phi) is 5.77. The van der Waals surface area contributed by atoms with Crippen LogP contribution in [0.3, 0.4) is 0 Å². The molecule has 0 aliphatic heterocycles. The first-order chi connectivity index (χ1) is 9.49. The van der Waals surface area contributed by atoms with Gasteiger partial charge < -0.3 is 5.32 Å². The Bertz CT molecular complexity index is 445. The van der Waals surface area contributed by atoms with E-state index in [0.29, 0.717) is 22.1 Å². The van der Waals surface area contributed by atoms with Crippen molar-refractivity contribution >= 4 is 23.2 Å². The molecule has 1 N–H and O–H groups in total. The fourth-order valence-electron chi connectivity index (χ4n) is 3.36. The van der Waals surface area contributed by atoms with Crippen molar-refractivity contribution in [2.45, 2.75) is 58.5 Å². The van der Waals surface area contributed by atoms with Gasteiger partial charge in [-0.1, -0.05) is 56.0 Å². The van der Waals surface area contributed by atoms with Crippen LogP contribution in [0.15, 0.2) is 18.2 Å². The van der Waals surface area contributed by atoms with Crippen molar-refractivity contribution in [3.8, 4) is 0 Å². The first-order valence-corrected chi connectivity index (χ1v) is 8.45. The van der Waals surface area contributed by atoms with E-state index < -0.39 is 0 Å². The van der Waals surface area contributed by atoms with Crippen LogP contribution >= 0.6 is 23.2 Å². The van der Waals surface area contributed by atoms with Crippen LogP contribution in [0.25, 0.3) is 0 Å². The SMILES string of the molecule is CC(NC1CCCCC1C(C)C)c1ccc(Cl)c(Cl)c1. The molecular weight excluding hydrogens is 289 g/mol. The van der Waals surface area contributed by atoms with Gasteiger partial charge in [-0.05, 0) is 49.3 Å². The molecule has 112 valence electrons. The van der Waals surface area contributed by atoms with Gasteiger partial charge in [0.2, 0.25) is 0 Å². The molecule has 1 aliphatic carbocycles. The predicted octanol–water partition coefficient (Wildman–Crippen LogP) is 5.86. The highest BCUT2D eigenvalue weighted by Gasteiger charge is 2.28. The van der Waals surface area contributed by atoms with Crippen LogP contribution in [0.4, 0.5) is 0 Å². The van der Waals surface area contributed by atoms with Crippen molar-refractivity contribution in [1.29, 1.82) is 0 Å². The number of benzene rings is 1. The van der Waals surface area contributed by atoms with Gasteiger partial charge in [0.15, 0.2) is 0 Å². The van der Waals surface area contributed by atoms with Crippen molar-refractivity contribution in [2.75, 3.05) is 0 Å². The molecule has 20 heavy (non-hydrogen) atoms. The van der Waals surface area contributed by atoms with Crippen LogP contribution in [0.2, 0.25) is 10.0 Å². The summed E-state index contributed by atoms with van der Waals surface area (Å²) in [5, 5.41) is 5.08. The molecule has 0 heterocycles. The molecule has 0 spiro atoms. The summed E-state index contributed by atoms with van der Waals surface area (Å²) >= 11 is 12.1. The maximum Gasteiger partial charge on any atom is 0.0595 e. The molecule has 0 saturated heterocycles. The molecule has 1 nitrogen and oxygen atoms in total. The molecular formula is C17H25Cl2N. The summed E-state index contributed by atoms with van der Waals surface area (Å²) < 4.78 is 0. The monoisotopic (exact) mass is 313 g/mol. The normalized spacial score (nSPS) is 24.9. The van der Waals surface area contributed by atoms with E-state index in [-0.39, 0.29) is 0 Å². The lowest BCUT2D eigenvalue weighted by atomic mass is 9.77. The van der Waals surface area contributed by atoms with Gasteiger partial charge in [0.1, 0.15) is 0 Å². The highest BCUT2D eigenvalue weighted by Crippen LogP contribution is 2.32.